The zero-order chi connectivity index (χ0) is 12.3. The first-order valence-corrected chi connectivity index (χ1v) is 6.40. The summed E-state index contributed by atoms with van der Waals surface area (Å²) < 4.78 is 44.3. The van der Waals surface area contributed by atoms with Crippen molar-refractivity contribution in [3.05, 3.63) is 28.5 Å². The van der Waals surface area contributed by atoms with E-state index in [0.29, 0.717) is 0 Å². The molecule has 0 aromatic heterocycles. The summed E-state index contributed by atoms with van der Waals surface area (Å²) in [6, 6.07) is 2.75. The first kappa shape index (κ1) is 13.2. The van der Waals surface area contributed by atoms with Crippen LogP contribution in [0.15, 0.2) is 12.1 Å². The average molecular weight is 269 g/mol. The Labute approximate surface area is 98.1 Å². The zero-order valence-electron chi connectivity index (χ0n) is 8.66. The number of methoxy groups -OCH3 is 1. The van der Waals surface area contributed by atoms with Crippen LogP contribution in [0.4, 0.5) is 4.39 Å². The smallest absolute Gasteiger partial charge is 0.264 e. The van der Waals surface area contributed by atoms with Crippen LogP contribution in [-0.4, -0.2) is 21.8 Å². The van der Waals surface area contributed by atoms with Crippen LogP contribution in [0.5, 0.6) is 5.75 Å². The molecule has 0 aliphatic rings. The van der Waals surface area contributed by atoms with Crippen LogP contribution in [0.25, 0.3) is 0 Å². The number of halogens is 2. The van der Waals surface area contributed by atoms with E-state index < -0.39 is 15.9 Å². The minimum absolute atomic E-state index is 0.0973. The van der Waals surface area contributed by atoms with Crippen LogP contribution in [0, 0.1) is 5.82 Å². The average Bonchev–Trinajstić information content (AvgIpc) is 2.18. The molecule has 0 saturated carbocycles. The molecule has 1 aromatic carbocycles. The second-order valence-electron chi connectivity index (χ2n) is 3.02. The molecule has 0 unspecified atom stereocenters. The highest BCUT2D eigenvalue weighted by Gasteiger charge is 2.14. The van der Waals surface area contributed by atoms with Gasteiger partial charge in [0.1, 0.15) is 0 Å². The van der Waals surface area contributed by atoms with Gasteiger partial charge in [-0.3, -0.25) is 4.18 Å². The topological polar surface area (TPSA) is 52.6 Å². The highest BCUT2D eigenvalue weighted by Crippen LogP contribution is 2.29. The van der Waals surface area contributed by atoms with Gasteiger partial charge in [0.2, 0.25) is 0 Å². The summed E-state index contributed by atoms with van der Waals surface area (Å²) in [5.41, 5.74) is 0.273. The molecule has 0 heterocycles. The Hall–Kier alpha value is -0.850. The number of ether oxygens (including phenoxy) is 1. The third-order valence-electron chi connectivity index (χ3n) is 1.76. The molecule has 0 radical (unpaired) electrons. The lowest BCUT2D eigenvalue weighted by atomic mass is 10.2. The Morgan fingerprint density at radius 2 is 2.06 bits per heavy atom. The molecule has 16 heavy (non-hydrogen) atoms. The first-order chi connectivity index (χ1) is 7.35. The van der Waals surface area contributed by atoms with Gasteiger partial charge in [-0.05, 0) is 6.07 Å². The second-order valence-corrected chi connectivity index (χ2v) is 5.07. The van der Waals surface area contributed by atoms with Crippen molar-refractivity contribution >= 4 is 21.7 Å². The van der Waals surface area contributed by atoms with Crippen molar-refractivity contribution in [3.8, 4) is 5.75 Å². The number of benzene rings is 1. The van der Waals surface area contributed by atoms with Gasteiger partial charge in [-0.1, -0.05) is 17.7 Å². The van der Waals surface area contributed by atoms with Crippen LogP contribution in [0.2, 0.25) is 5.02 Å². The van der Waals surface area contributed by atoms with Crippen LogP contribution >= 0.6 is 11.6 Å². The summed E-state index contributed by atoms with van der Waals surface area (Å²) in [4.78, 5) is 0. The summed E-state index contributed by atoms with van der Waals surface area (Å²) in [5, 5.41) is -0.0973. The quantitative estimate of drug-likeness (QED) is 0.784. The maximum absolute atomic E-state index is 13.4. The minimum Gasteiger partial charge on any atom is -0.493 e. The molecule has 0 bridgehead atoms. The molecule has 0 saturated heterocycles. The van der Waals surface area contributed by atoms with Gasteiger partial charge in [-0.25, -0.2) is 4.39 Å². The lowest BCUT2D eigenvalue weighted by Crippen LogP contribution is -2.04. The molecule has 0 atom stereocenters. The van der Waals surface area contributed by atoms with E-state index in [-0.39, 0.29) is 22.9 Å². The summed E-state index contributed by atoms with van der Waals surface area (Å²) in [6.45, 7) is -0.296. The Morgan fingerprint density at radius 1 is 1.44 bits per heavy atom. The van der Waals surface area contributed by atoms with E-state index in [2.05, 4.69) is 4.18 Å². The van der Waals surface area contributed by atoms with E-state index in [4.69, 9.17) is 16.3 Å². The molecule has 0 spiro atoms. The normalized spacial score (nSPS) is 11.5. The summed E-state index contributed by atoms with van der Waals surface area (Å²) >= 11 is 5.54. The maximum atomic E-state index is 13.4. The lowest BCUT2D eigenvalue weighted by Gasteiger charge is -2.09. The van der Waals surface area contributed by atoms with E-state index in [0.717, 1.165) is 6.26 Å². The molecule has 0 aliphatic carbocycles. The summed E-state index contributed by atoms with van der Waals surface area (Å²) in [7, 11) is -2.32. The van der Waals surface area contributed by atoms with Gasteiger partial charge in [-0.15, -0.1) is 0 Å². The third kappa shape index (κ3) is 3.33. The van der Waals surface area contributed by atoms with Gasteiger partial charge >= 0.3 is 0 Å². The third-order valence-corrected chi connectivity index (χ3v) is 2.60. The molecule has 1 aromatic rings. The van der Waals surface area contributed by atoms with Crippen LogP contribution in [0.1, 0.15) is 5.56 Å². The highest BCUT2D eigenvalue weighted by molar-refractivity contribution is 7.85. The number of hydrogen-bond acceptors (Lipinski definition) is 4. The molecular formula is C9H10ClFO4S. The Bertz CT molecular complexity index is 487. The number of hydrogen-bond donors (Lipinski definition) is 0. The predicted octanol–water partition coefficient (Wildman–Crippen LogP) is 1.96. The zero-order valence-corrected chi connectivity index (χ0v) is 10.2. The maximum Gasteiger partial charge on any atom is 0.264 e. The molecule has 0 fully saturated rings. The Balaban J connectivity index is 3.01. The van der Waals surface area contributed by atoms with E-state index in [1.54, 1.807) is 0 Å². The van der Waals surface area contributed by atoms with Crippen molar-refractivity contribution in [2.45, 2.75) is 6.61 Å². The molecule has 0 aliphatic heterocycles. The van der Waals surface area contributed by atoms with Gasteiger partial charge in [0, 0.05) is 5.56 Å². The van der Waals surface area contributed by atoms with Gasteiger partial charge in [0.05, 0.1) is 25.0 Å². The molecule has 1 rings (SSSR count). The lowest BCUT2D eigenvalue weighted by molar-refractivity contribution is 0.298. The summed E-state index contributed by atoms with van der Waals surface area (Å²) in [6.07, 6.45) is 0.908. The predicted molar refractivity (Wildman–Crippen MR) is 57.6 cm³/mol. The van der Waals surface area contributed by atoms with Crippen molar-refractivity contribution in [3.63, 3.8) is 0 Å². The Kier molecular flexibility index (Phi) is 4.12. The number of rotatable bonds is 4. The fourth-order valence-corrected chi connectivity index (χ4v) is 1.57. The molecule has 0 amide bonds. The highest BCUT2D eigenvalue weighted by atomic mass is 35.5. The minimum atomic E-state index is -3.58. The second kappa shape index (κ2) is 4.99. The molecule has 0 N–H and O–H groups in total. The molecule has 7 heteroatoms. The van der Waals surface area contributed by atoms with E-state index in [1.165, 1.54) is 19.2 Å². The van der Waals surface area contributed by atoms with Crippen LogP contribution < -0.4 is 4.74 Å². The fraction of sp³-hybridized carbons (Fsp3) is 0.333. The van der Waals surface area contributed by atoms with Crippen molar-refractivity contribution in [2.24, 2.45) is 0 Å². The van der Waals surface area contributed by atoms with Gasteiger partial charge in [0.25, 0.3) is 10.1 Å². The van der Waals surface area contributed by atoms with Crippen molar-refractivity contribution in [2.75, 3.05) is 13.4 Å². The standard InChI is InChI=1S/C9H10ClFO4S/c1-14-9-6(5-15-16(2,12)13)3-4-7(10)8(9)11/h3-4H,5H2,1-2H3. The largest absolute Gasteiger partial charge is 0.493 e. The van der Waals surface area contributed by atoms with Crippen molar-refractivity contribution < 1.29 is 21.7 Å². The van der Waals surface area contributed by atoms with Crippen molar-refractivity contribution in [1.82, 2.24) is 0 Å². The van der Waals surface area contributed by atoms with E-state index in [9.17, 15) is 12.8 Å². The monoisotopic (exact) mass is 268 g/mol. The molecule has 4 nitrogen and oxygen atoms in total. The SMILES string of the molecule is COc1c(COS(C)(=O)=O)ccc(Cl)c1F. The van der Waals surface area contributed by atoms with Gasteiger partial charge in [0.15, 0.2) is 11.6 Å². The van der Waals surface area contributed by atoms with Crippen LogP contribution in [0.3, 0.4) is 0 Å². The van der Waals surface area contributed by atoms with E-state index >= 15 is 0 Å². The molecule has 90 valence electrons. The Morgan fingerprint density at radius 3 is 2.56 bits per heavy atom. The first-order valence-electron chi connectivity index (χ1n) is 4.20. The van der Waals surface area contributed by atoms with Gasteiger partial charge < -0.3 is 4.74 Å². The van der Waals surface area contributed by atoms with E-state index in [1.807, 2.05) is 0 Å². The van der Waals surface area contributed by atoms with Crippen LogP contribution in [-0.2, 0) is 20.9 Å². The van der Waals surface area contributed by atoms with Crippen molar-refractivity contribution in [1.29, 1.82) is 0 Å². The molecular weight excluding hydrogens is 259 g/mol. The van der Waals surface area contributed by atoms with Gasteiger partial charge in [-0.2, -0.15) is 8.42 Å². The summed E-state index contributed by atoms with van der Waals surface area (Å²) in [5.74, 6) is -0.852. The fourth-order valence-electron chi connectivity index (χ4n) is 1.08.